The van der Waals surface area contributed by atoms with Crippen LogP contribution in [0.3, 0.4) is 0 Å². The van der Waals surface area contributed by atoms with Crippen molar-refractivity contribution in [1.82, 2.24) is 15.2 Å². The molecule has 1 aromatic rings. The van der Waals surface area contributed by atoms with Gasteiger partial charge in [-0.1, -0.05) is 45.9 Å². The van der Waals surface area contributed by atoms with Crippen molar-refractivity contribution in [2.45, 2.75) is 65.5 Å². The van der Waals surface area contributed by atoms with Gasteiger partial charge >= 0.3 is 0 Å². The lowest BCUT2D eigenvalue weighted by Crippen LogP contribution is -2.55. The molecular weight excluding hydrogens is 396 g/mol. The first-order chi connectivity index (χ1) is 14.1. The summed E-state index contributed by atoms with van der Waals surface area (Å²) in [5.41, 5.74) is 9.93. The second-order valence-electron chi connectivity index (χ2n) is 9.69. The highest BCUT2D eigenvalue weighted by molar-refractivity contribution is 7.09. The van der Waals surface area contributed by atoms with Gasteiger partial charge in [0.05, 0.1) is 17.2 Å². The molecule has 30 heavy (non-hydrogen) atoms. The molecule has 0 saturated carbocycles. The second kappa shape index (κ2) is 9.02. The zero-order valence-electron chi connectivity index (χ0n) is 18.6. The van der Waals surface area contributed by atoms with Crippen LogP contribution in [0.15, 0.2) is 29.3 Å². The van der Waals surface area contributed by atoms with Crippen molar-refractivity contribution in [2.24, 2.45) is 17.1 Å². The third kappa shape index (κ3) is 5.01. The second-order valence-corrected chi connectivity index (χ2v) is 10.6. The van der Waals surface area contributed by atoms with E-state index in [9.17, 15) is 9.59 Å². The van der Waals surface area contributed by atoms with E-state index < -0.39 is 12.1 Å². The van der Waals surface area contributed by atoms with Crippen molar-refractivity contribution in [3.63, 3.8) is 0 Å². The van der Waals surface area contributed by atoms with E-state index in [-0.39, 0.29) is 23.1 Å². The lowest BCUT2D eigenvalue weighted by Gasteiger charge is -2.32. The molecule has 4 atom stereocenters. The standard InChI is InChI=1S/C23H34N4O2S/c1-14-10-18(27(12-14)22(29)20(24)23(3,4)5)21(28)25-11-16-6-8-17(9-7-16)19-15(2)26-13-30-19/h6-8,13-14,17-18,20H,9-12,24H2,1-5H3,(H,25,28)/t14-,17?,18+,20-/m1/s1. The molecule has 2 heterocycles. The number of aromatic nitrogens is 1. The van der Waals surface area contributed by atoms with Gasteiger partial charge in [-0.15, -0.1) is 11.3 Å². The number of nitrogens with one attached hydrogen (secondary N) is 1. The van der Waals surface area contributed by atoms with Crippen LogP contribution in [0, 0.1) is 18.3 Å². The first-order valence-electron chi connectivity index (χ1n) is 10.7. The number of rotatable bonds is 5. The van der Waals surface area contributed by atoms with Crippen LogP contribution in [0.4, 0.5) is 0 Å². The van der Waals surface area contributed by atoms with Crippen molar-refractivity contribution in [3.8, 4) is 0 Å². The predicted molar refractivity (Wildman–Crippen MR) is 121 cm³/mol. The Hall–Kier alpha value is -1.99. The molecule has 1 aromatic heterocycles. The van der Waals surface area contributed by atoms with Crippen LogP contribution < -0.4 is 11.1 Å². The molecule has 7 heteroatoms. The first kappa shape index (κ1) is 22.7. The van der Waals surface area contributed by atoms with E-state index in [1.165, 1.54) is 4.88 Å². The SMILES string of the molecule is Cc1ncsc1C1C=CC(CNC(=O)[C@@H]2C[C@@H](C)CN2C(=O)[C@@H](N)C(C)(C)C)=CC1. The van der Waals surface area contributed by atoms with Crippen LogP contribution in [0.25, 0.3) is 0 Å². The Bertz CT molecular complexity index is 852. The van der Waals surface area contributed by atoms with Gasteiger partial charge in [0, 0.05) is 23.9 Å². The number of aryl methyl sites for hydroxylation is 1. The molecule has 3 rings (SSSR count). The smallest absolute Gasteiger partial charge is 0.243 e. The molecule has 0 bridgehead atoms. The maximum absolute atomic E-state index is 12.9. The molecule has 3 N–H and O–H groups in total. The maximum Gasteiger partial charge on any atom is 0.243 e. The van der Waals surface area contributed by atoms with Gasteiger partial charge in [0.25, 0.3) is 0 Å². The third-order valence-electron chi connectivity index (χ3n) is 6.06. The van der Waals surface area contributed by atoms with Crippen molar-refractivity contribution >= 4 is 23.2 Å². The highest BCUT2D eigenvalue weighted by Crippen LogP contribution is 2.31. The van der Waals surface area contributed by atoms with Crippen LogP contribution in [-0.2, 0) is 9.59 Å². The third-order valence-corrected chi connectivity index (χ3v) is 7.12. The molecule has 164 valence electrons. The lowest BCUT2D eigenvalue weighted by atomic mass is 9.86. The molecule has 1 saturated heterocycles. The fourth-order valence-corrected chi connectivity index (χ4v) is 4.95. The lowest BCUT2D eigenvalue weighted by molar-refractivity contribution is -0.141. The van der Waals surface area contributed by atoms with Gasteiger partial charge in [-0.2, -0.15) is 0 Å². The number of thiazole rings is 1. The van der Waals surface area contributed by atoms with Crippen molar-refractivity contribution in [1.29, 1.82) is 0 Å². The molecule has 0 aromatic carbocycles. The molecule has 6 nitrogen and oxygen atoms in total. The Kier molecular flexibility index (Phi) is 6.82. The van der Waals surface area contributed by atoms with E-state index in [0.29, 0.717) is 25.4 Å². The minimum absolute atomic E-state index is 0.0940. The number of nitrogens with two attached hydrogens (primary N) is 1. The summed E-state index contributed by atoms with van der Waals surface area (Å²) >= 11 is 1.69. The molecule has 2 aliphatic rings. The number of nitrogens with zero attached hydrogens (tertiary/aromatic N) is 2. The normalized spacial score (nSPS) is 25.2. The molecule has 0 radical (unpaired) electrons. The van der Waals surface area contributed by atoms with E-state index >= 15 is 0 Å². The molecule has 1 aliphatic carbocycles. The monoisotopic (exact) mass is 430 g/mol. The van der Waals surface area contributed by atoms with Crippen LogP contribution in [0.5, 0.6) is 0 Å². The van der Waals surface area contributed by atoms with Crippen LogP contribution in [0.2, 0.25) is 0 Å². The topological polar surface area (TPSA) is 88.3 Å². The Morgan fingerprint density at radius 3 is 2.70 bits per heavy atom. The van der Waals surface area contributed by atoms with Crippen LogP contribution >= 0.6 is 11.3 Å². The number of hydrogen-bond donors (Lipinski definition) is 2. The number of allylic oxidation sites excluding steroid dienone is 2. The van der Waals surface area contributed by atoms with Crippen molar-refractivity contribution < 1.29 is 9.59 Å². The van der Waals surface area contributed by atoms with Gasteiger partial charge in [-0.05, 0) is 36.7 Å². The fourth-order valence-electron chi connectivity index (χ4n) is 4.05. The quantitative estimate of drug-likeness (QED) is 0.751. The largest absolute Gasteiger partial charge is 0.350 e. The molecule has 0 spiro atoms. The average molecular weight is 431 g/mol. The summed E-state index contributed by atoms with van der Waals surface area (Å²) in [6.07, 6.45) is 8.05. The molecular formula is C23H34N4O2S. The Morgan fingerprint density at radius 1 is 1.40 bits per heavy atom. The highest BCUT2D eigenvalue weighted by Gasteiger charge is 2.41. The Morgan fingerprint density at radius 2 is 2.13 bits per heavy atom. The number of hydrogen-bond acceptors (Lipinski definition) is 5. The summed E-state index contributed by atoms with van der Waals surface area (Å²) in [6.45, 7) is 11.0. The zero-order chi connectivity index (χ0) is 22.1. The van der Waals surface area contributed by atoms with Gasteiger partial charge in [0.2, 0.25) is 11.8 Å². The average Bonchev–Trinajstić information content (AvgIpc) is 3.30. The predicted octanol–water partition coefficient (Wildman–Crippen LogP) is 3.15. The maximum atomic E-state index is 12.9. The number of likely N-dealkylation sites (tertiary alicyclic amines) is 1. The summed E-state index contributed by atoms with van der Waals surface area (Å²) in [6, 6.07) is -1.06. The minimum Gasteiger partial charge on any atom is -0.350 e. The van der Waals surface area contributed by atoms with E-state index in [1.54, 1.807) is 16.2 Å². The van der Waals surface area contributed by atoms with Crippen LogP contribution in [-0.4, -0.2) is 46.9 Å². The molecule has 1 fully saturated rings. The van der Waals surface area contributed by atoms with E-state index in [1.807, 2.05) is 33.2 Å². The minimum atomic E-state index is -0.616. The summed E-state index contributed by atoms with van der Waals surface area (Å²) < 4.78 is 0. The molecule has 1 unspecified atom stereocenters. The van der Waals surface area contributed by atoms with Crippen molar-refractivity contribution in [2.75, 3.05) is 13.1 Å². The van der Waals surface area contributed by atoms with Gasteiger partial charge in [0.1, 0.15) is 6.04 Å². The summed E-state index contributed by atoms with van der Waals surface area (Å²) in [7, 11) is 0. The van der Waals surface area contributed by atoms with Gasteiger partial charge in [-0.3, -0.25) is 9.59 Å². The zero-order valence-corrected chi connectivity index (χ0v) is 19.5. The van der Waals surface area contributed by atoms with E-state index in [2.05, 4.69) is 35.5 Å². The molecule has 2 amide bonds. The Balaban J connectivity index is 1.57. The summed E-state index contributed by atoms with van der Waals surface area (Å²) in [5, 5.41) is 3.04. The van der Waals surface area contributed by atoms with E-state index in [0.717, 1.165) is 17.7 Å². The van der Waals surface area contributed by atoms with Gasteiger partial charge < -0.3 is 16.0 Å². The number of carbonyl (C=O) groups is 2. The van der Waals surface area contributed by atoms with Crippen molar-refractivity contribution in [3.05, 3.63) is 39.9 Å². The van der Waals surface area contributed by atoms with Gasteiger partial charge in [0.15, 0.2) is 0 Å². The molecule has 1 aliphatic heterocycles. The van der Waals surface area contributed by atoms with Crippen LogP contribution in [0.1, 0.15) is 57.0 Å². The van der Waals surface area contributed by atoms with E-state index in [4.69, 9.17) is 5.73 Å². The fraction of sp³-hybridized carbons (Fsp3) is 0.609. The first-order valence-corrected chi connectivity index (χ1v) is 11.6. The summed E-state index contributed by atoms with van der Waals surface area (Å²) in [5.74, 6) is 0.420. The van der Waals surface area contributed by atoms with Gasteiger partial charge in [-0.25, -0.2) is 4.98 Å². The number of amides is 2. The number of carbonyl (C=O) groups excluding carboxylic acids is 2. The highest BCUT2D eigenvalue weighted by atomic mass is 32.1. The Labute approximate surface area is 183 Å². The summed E-state index contributed by atoms with van der Waals surface area (Å²) in [4.78, 5) is 33.2.